The molecule has 1 aliphatic rings. The highest BCUT2D eigenvalue weighted by molar-refractivity contribution is 5.86. The fraction of sp³-hybridized carbons (Fsp3) is 0.500. The van der Waals surface area contributed by atoms with Gasteiger partial charge in [0.25, 0.3) is 0 Å². The minimum Gasteiger partial charge on any atom is -0.369 e. The fourth-order valence-corrected chi connectivity index (χ4v) is 2.50. The van der Waals surface area contributed by atoms with Gasteiger partial charge in [0.1, 0.15) is 6.10 Å². The number of rotatable bonds is 4. The second-order valence-electron chi connectivity index (χ2n) is 6.01. The number of morpholine rings is 1. The predicted octanol–water partition coefficient (Wildman–Crippen LogP) is 0.862. The summed E-state index contributed by atoms with van der Waals surface area (Å²) in [6, 6.07) is 9.82. The molecule has 6 nitrogen and oxygen atoms in total. The lowest BCUT2D eigenvalue weighted by molar-refractivity contribution is -0.154. The summed E-state index contributed by atoms with van der Waals surface area (Å²) in [7, 11) is 0. The maximum absolute atomic E-state index is 12.4. The van der Waals surface area contributed by atoms with Gasteiger partial charge in [-0.3, -0.25) is 9.59 Å². The molecule has 0 aromatic heterocycles. The first kappa shape index (κ1) is 19.4. The first-order valence-electron chi connectivity index (χ1n) is 7.38. The topological polar surface area (TPSA) is 84.7 Å². The number of carbonyl (C=O) groups excluding carboxylic acids is 2. The SMILES string of the molecule is CC1(C)COC(c2ccccc2)CN1C(=O)CNC(=O)CN.Cl. The fourth-order valence-electron chi connectivity index (χ4n) is 2.50. The average molecular weight is 342 g/mol. The molecule has 0 spiro atoms. The highest BCUT2D eigenvalue weighted by Crippen LogP contribution is 2.30. The number of hydrogen-bond acceptors (Lipinski definition) is 4. The van der Waals surface area contributed by atoms with Gasteiger partial charge in [-0.1, -0.05) is 30.3 Å². The molecule has 0 radical (unpaired) electrons. The molecule has 1 aliphatic heterocycles. The van der Waals surface area contributed by atoms with Gasteiger partial charge in [-0.05, 0) is 19.4 Å². The maximum atomic E-state index is 12.4. The molecule has 1 fully saturated rings. The Bertz CT molecular complexity index is 537. The molecule has 1 aromatic rings. The smallest absolute Gasteiger partial charge is 0.242 e. The summed E-state index contributed by atoms with van der Waals surface area (Å²) in [6.45, 7) is 4.67. The third-order valence-corrected chi connectivity index (χ3v) is 3.81. The van der Waals surface area contributed by atoms with E-state index in [0.717, 1.165) is 5.56 Å². The Morgan fingerprint density at radius 3 is 2.61 bits per heavy atom. The van der Waals surface area contributed by atoms with Crippen LogP contribution in [0.3, 0.4) is 0 Å². The van der Waals surface area contributed by atoms with Crippen molar-refractivity contribution in [1.82, 2.24) is 10.2 Å². The molecule has 2 rings (SSSR count). The number of nitrogens with one attached hydrogen (secondary N) is 1. The summed E-state index contributed by atoms with van der Waals surface area (Å²) in [5.41, 5.74) is 5.87. The zero-order chi connectivity index (χ0) is 16.2. The summed E-state index contributed by atoms with van der Waals surface area (Å²) in [5.74, 6) is -0.463. The van der Waals surface area contributed by atoms with Gasteiger partial charge in [0.2, 0.25) is 11.8 Å². The monoisotopic (exact) mass is 341 g/mol. The standard InChI is InChI=1S/C16H23N3O3.ClH/c1-16(2)11-22-13(12-6-4-3-5-7-12)10-19(16)15(21)9-18-14(20)8-17;/h3-7,13H,8-11,17H2,1-2H3,(H,18,20);1H. The van der Waals surface area contributed by atoms with Crippen LogP contribution in [0, 0.1) is 0 Å². The Labute approximate surface area is 142 Å². The van der Waals surface area contributed by atoms with E-state index in [4.69, 9.17) is 10.5 Å². The van der Waals surface area contributed by atoms with E-state index in [-0.39, 0.29) is 43.4 Å². The Hall–Kier alpha value is -1.63. The van der Waals surface area contributed by atoms with Gasteiger partial charge >= 0.3 is 0 Å². The van der Waals surface area contributed by atoms with Gasteiger partial charge in [0.05, 0.1) is 31.8 Å². The van der Waals surface area contributed by atoms with Crippen LogP contribution in [0.1, 0.15) is 25.5 Å². The third-order valence-electron chi connectivity index (χ3n) is 3.81. The number of nitrogens with zero attached hydrogens (tertiary/aromatic N) is 1. The molecule has 2 amide bonds. The van der Waals surface area contributed by atoms with E-state index in [2.05, 4.69) is 5.32 Å². The number of hydrogen-bond donors (Lipinski definition) is 2. The molecule has 0 bridgehead atoms. The zero-order valence-corrected chi connectivity index (χ0v) is 14.3. The van der Waals surface area contributed by atoms with Crippen LogP contribution in [0.5, 0.6) is 0 Å². The highest BCUT2D eigenvalue weighted by Gasteiger charge is 2.38. The number of amides is 2. The van der Waals surface area contributed by atoms with E-state index in [9.17, 15) is 9.59 Å². The molecule has 1 saturated heterocycles. The van der Waals surface area contributed by atoms with Crippen LogP contribution in [-0.4, -0.2) is 48.5 Å². The maximum Gasteiger partial charge on any atom is 0.242 e. The molecule has 1 heterocycles. The largest absolute Gasteiger partial charge is 0.369 e. The summed E-state index contributed by atoms with van der Waals surface area (Å²) in [5, 5.41) is 2.53. The van der Waals surface area contributed by atoms with Crippen molar-refractivity contribution in [2.45, 2.75) is 25.5 Å². The second-order valence-corrected chi connectivity index (χ2v) is 6.01. The van der Waals surface area contributed by atoms with Gasteiger partial charge in [0.15, 0.2) is 0 Å². The number of ether oxygens (including phenoxy) is 1. The van der Waals surface area contributed by atoms with Crippen molar-refractivity contribution in [3.05, 3.63) is 35.9 Å². The van der Waals surface area contributed by atoms with Crippen molar-refractivity contribution in [2.24, 2.45) is 5.73 Å². The predicted molar refractivity (Wildman–Crippen MR) is 90.2 cm³/mol. The van der Waals surface area contributed by atoms with Crippen LogP contribution >= 0.6 is 12.4 Å². The summed E-state index contributed by atoms with van der Waals surface area (Å²) < 4.78 is 5.91. The lowest BCUT2D eigenvalue weighted by Crippen LogP contribution is -2.58. The van der Waals surface area contributed by atoms with Crippen LogP contribution in [-0.2, 0) is 14.3 Å². The van der Waals surface area contributed by atoms with Gasteiger partial charge in [-0.25, -0.2) is 0 Å². The molecular weight excluding hydrogens is 318 g/mol. The molecule has 7 heteroatoms. The van der Waals surface area contributed by atoms with Crippen molar-refractivity contribution < 1.29 is 14.3 Å². The lowest BCUT2D eigenvalue weighted by Gasteiger charge is -2.45. The van der Waals surface area contributed by atoms with Crippen LogP contribution in [0.4, 0.5) is 0 Å². The van der Waals surface area contributed by atoms with E-state index in [0.29, 0.717) is 13.2 Å². The summed E-state index contributed by atoms with van der Waals surface area (Å²) in [4.78, 5) is 25.4. The quantitative estimate of drug-likeness (QED) is 0.850. The number of carbonyl (C=O) groups is 2. The highest BCUT2D eigenvalue weighted by atomic mass is 35.5. The second kappa shape index (κ2) is 8.29. The number of benzene rings is 1. The van der Waals surface area contributed by atoms with Gasteiger partial charge < -0.3 is 20.7 Å². The van der Waals surface area contributed by atoms with Crippen molar-refractivity contribution in [3.63, 3.8) is 0 Å². The van der Waals surface area contributed by atoms with Crippen molar-refractivity contribution in [2.75, 3.05) is 26.2 Å². The molecule has 0 saturated carbocycles. The minimum atomic E-state index is -0.407. The Morgan fingerprint density at radius 1 is 1.35 bits per heavy atom. The first-order valence-corrected chi connectivity index (χ1v) is 7.38. The van der Waals surface area contributed by atoms with Crippen molar-refractivity contribution >= 4 is 24.2 Å². The summed E-state index contributed by atoms with van der Waals surface area (Å²) >= 11 is 0. The Kier molecular flexibility index (Phi) is 7.00. The molecular formula is C16H24ClN3O3. The Balaban J connectivity index is 0.00000264. The van der Waals surface area contributed by atoms with Crippen molar-refractivity contribution in [1.29, 1.82) is 0 Å². The number of nitrogens with two attached hydrogens (primary N) is 1. The molecule has 128 valence electrons. The van der Waals surface area contributed by atoms with Gasteiger partial charge in [-0.15, -0.1) is 12.4 Å². The molecule has 3 N–H and O–H groups in total. The van der Waals surface area contributed by atoms with Crippen LogP contribution in [0.2, 0.25) is 0 Å². The molecule has 0 aliphatic carbocycles. The molecule has 1 atom stereocenters. The molecule has 1 aromatic carbocycles. The van der Waals surface area contributed by atoms with Gasteiger partial charge in [0, 0.05) is 0 Å². The average Bonchev–Trinajstić information content (AvgIpc) is 2.52. The third kappa shape index (κ3) is 4.92. The van der Waals surface area contributed by atoms with Gasteiger partial charge in [-0.2, -0.15) is 0 Å². The van der Waals surface area contributed by atoms with E-state index in [1.54, 1.807) is 4.90 Å². The first-order chi connectivity index (χ1) is 10.4. The molecule has 23 heavy (non-hydrogen) atoms. The summed E-state index contributed by atoms with van der Waals surface area (Å²) in [6.07, 6.45) is -0.150. The normalized spacial score (nSPS) is 19.6. The van der Waals surface area contributed by atoms with E-state index in [1.807, 2.05) is 44.2 Å². The van der Waals surface area contributed by atoms with Crippen LogP contribution in [0.15, 0.2) is 30.3 Å². The van der Waals surface area contributed by atoms with E-state index in [1.165, 1.54) is 0 Å². The van der Waals surface area contributed by atoms with Crippen LogP contribution < -0.4 is 11.1 Å². The number of halogens is 1. The minimum absolute atomic E-state index is 0. The molecule has 1 unspecified atom stereocenters. The van der Waals surface area contributed by atoms with Crippen LogP contribution in [0.25, 0.3) is 0 Å². The van der Waals surface area contributed by atoms with E-state index < -0.39 is 5.54 Å². The zero-order valence-electron chi connectivity index (χ0n) is 13.5. The lowest BCUT2D eigenvalue weighted by atomic mass is 9.98. The Morgan fingerprint density at radius 2 is 2.00 bits per heavy atom. The van der Waals surface area contributed by atoms with E-state index >= 15 is 0 Å². The van der Waals surface area contributed by atoms with Crippen molar-refractivity contribution in [3.8, 4) is 0 Å².